The minimum Gasteiger partial charge on any atom is -0.446 e. The fourth-order valence-electron chi connectivity index (χ4n) is 2.77. The van der Waals surface area contributed by atoms with Gasteiger partial charge in [-0.05, 0) is 54.8 Å². The quantitative estimate of drug-likeness (QED) is 0.371. The third-order valence-electron chi connectivity index (χ3n) is 4.39. The Balaban J connectivity index is 1.97. The van der Waals surface area contributed by atoms with Gasteiger partial charge in [-0.25, -0.2) is 9.78 Å². The predicted octanol–water partition coefficient (Wildman–Crippen LogP) is 4.05. The van der Waals surface area contributed by atoms with Crippen molar-refractivity contribution in [3.05, 3.63) is 46.6 Å². The molecule has 0 saturated carbocycles. The van der Waals surface area contributed by atoms with Gasteiger partial charge in [-0.3, -0.25) is 4.79 Å². The monoisotopic (exact) mass is 510 g/mol. The number of carbonyl (C=O) groups is 2. The summed E-state index contributed by atoms with van der Waals surface area (Å²) in [5.74, 6) is -0.0415. The Morgan fingerprint density at radius 2 is 1.84 bits per heavy atom. The lowest BCUT2D eigenvalue weighted by atomic mass is 10.3. The summed E-state index contributed by atoms with van der Waals surface area (Å²) in [7, 11) is 0. The van der Waals surface area contributed by atoms with Crippen LogP contribution < -0.4 is 10.6 Å². The van der Waals surface area contributed by atoms with Crippen LogP contribution in [0.5, 0.6) is 0 Å². The molecule has 32 heavy (non-hydrogen) atoms. The van der Waals surface area contributed by atoms with E-state index in [-0.39, 0.29) is 30.1 Å². The molecule has 0 unspecified atom stereocenters. The van der Waals surface area contributed by atoms with Gasteiger partial charge in [0, 0.05) is 44.0 Å². The molecule has 2 aromatic rings. The molecule has 0 saturated heterocycles. The van der Waals surface area contributed by atoms with Crippen molar-refractivity contribution >= 4 is 33.6 Å². The zero-order valence-electron chi connectivity index (χ0n) is 18.6. The molecule has 0 fully saturated rings. The number of benzene rings is 1. The van der Waals surface area contributed by atoms with Gasteiger partial charge in [0.05, 0.1) is 12.2 Å². The molecule has 176 valence electrons. The first-order valence-electron chi connectivity index (χ1n) is 10.7. The van der Waals surface area contributed by atoms with Crippen molar-refractivity contribution in [3.8, 4) is 0 Å². The number of halogens is 1. The number of oxazole rings is 1. The summed E-state index contributed by atoms with van der Waals surface area (Å²) in [6.45, 7) is 7.29. The van der Waals surface area contributed by atoms with Crippen LogP contribution in [-0.4, -0.2) is 61.3 Å². The Kier molecular flexibility index (Phi) is 11.8. The second-order valence-corrected chi connectivity index (χ2v) is 7.67. The summed E-state index contributed by atoms with van der Waals surface area (Å²) < 4.78 is 16.9. The van der Waals surface area contributed by atoms with Crippen LogP contribution >= 0.6 is 15.9 Å². The largest absolute Gasteiger partial charge is 0.446 e. The average molecular weight is 511 g/mol. The van der Waals surface area contributed by atoms with Crippen LogP contribution in [0.25, 0.3) is 0 Å². The summed E-state index contributed by atoms with van der Waals surface area (Å²) in [5.41, 5.74) is 0.837. The first-order valence-corrected chi connectivity index (χ1v) is 11.5. The summed E-state index contributed by atoms with van der Waals surface area (Å²) in [6, 6.07) is 7.07. The number of amides is 3. The highest BCUT2D eigenvalue weighted by Gasteiger charge is 2.19. The molecule has 10 heteroatoms. The third-order valence-corrected chi connectivity index (χ3v) is 5.08. The molecule has 2 rings (SSSR count). The number of hydrogen-bond donors (Lipinski definition) is 2. The van der Waals surface area contributed by atoms with Gasteiger partial charge in [-0.15, -0.1) is 0 Å². The standard InChI is InChI=1S/C22H31BrN4O5/c1-3-30-13-7-11-24-21(28)19-16-32-20(25-19)15-27(12-8-14-31-4-2)22(29)26-18-10-6-5-9-17(18)23/h5-6,9-10,16H,3-4,7-8,11-15H2,1-2H3,(H,24,28)(H,26,29). The number of ether oxygens (including phenoxy) is 2. The second-order valence-electron chi connectivity index (χ2n) is 6.81. The fourth-order valence-corrected chi connectivity index (χ4v) is 3.16. The molecule has 1 aromatic carbocycles. The highest BCUT2D eigenvalue weighted by Crippen LogP contribution is 2.22. The number of nitrogens with zero attached hydrogens (tertiary/aromatic N) is 2. The molecule has 3 amide bonds. The number of rotatable bonds is 14. The van der Waals surface area contributed by atoms with Crippen molar-refractivity contribution in [2.75, 3.05) is 44.8 Å². The van der Waals surface area contributed by atoms with Crippen LogP contribution in [0.2, 0.25) is 0 Å². The van der Waals surface area contributed by atoms with Crippen LogP contribution in [-0.2, 0) is 16.0 Å². The van der Waals surface area contributed by atoms with Gasteiger partial charge in [0.2, 0.25) is 5.89 Å². The molecule has 2 N–H and O–H groups in total. The van der Waals surface area contributed by atoms with Gasteiger partial charge in [0.15, 0.2) is 5.69 Å². The number of urea groups is 1. The summed E-state index contributed by atoms with van der Waals surface area (Å²) in [6.07, 6.45) is 2.68. The lowest BCUT2D eigenvalue weighted by Gasteiger charge is -2.22. The summed E-state index contributed by atoms with van der Waals surface area (Å²) >= 11 is 3.43. The average Bonchev–Trinajstić information content (AvgIpc) is 3.26. The van der Waals surface area contributed by atoms with Crippen LogP contribution in [0.4, 0.5) is 10.5 Å². The van der Waals surface area contributed by atoms with Crippen LogP contribution in [0.15, 0.2) is 39.4 Å². The Labute approximate surface area is 197 Å². The molecule has 1 aromatic heterocycles. The lowest BCUT2D eigenvalue weighted by Crippen LogP contribution is -2.36. The smallest absolute Gasteiger partial charge is 0.322 e. The first kappa shape index (κ1) is 25.8. The molecule has 9 nitrogen and oxygen atoms in total. The highest BCUT2D eigenvalue weighted by molar-refractivity contribution is 9.10. The molecular weight excluding hydrogens is 480 g/mol. The predicted molar refractivity (Wildman–Crippen MR) is 125 cm³/mol. The molecule has 0 atom stereocenters. The molecular formula is C22H31BrN4O5. The zero-order valence-corrected chi connectivity index (χ0v) is 20.2. The van der Waals surface area contributed by atoms with Crippen molar-refractivity contribution in [2.45, 2.75) is 33.2 Å². The van der Waals surface area contributed by atoms with Crippen LogP contribution in [0.3, 0.4) is 0 Å². The van der Waals surface area contributed by atoms with Gasteiger partial charge >= 0.3 is 6.03 Å². The van der Waals surface area contributed by atoms with Crippen molar-refractivity contribution in [1.82, 2.24) is 15.2 Å². The number of para-hydroxylation sites is 1. The molecule has 0 aliphatic carbocycles. The molecule has 0 radical (unpaired) electrons. The topological polar surface area (TPSA) is 106 Å². The zero-order chi connectivity index (χ0) is 23.2. The Bertz CT molecular complexity index is 845. The van der Waals surface area contributed by atoms with Gasteiger partial charge in [0.1, 0.15) is 6.26 Å². The van der Waals surface area contributed by atoms with Crippen molar-refractivity contribution < 1.29 is 23.5 Å². The van der Waals surface area contributed by atoms with E-state index in [1.54, 1.807) is 11.0 Å². The summed E-state index contributed by atoms with van der Waals surface area (Å²) in [4.78, 5) is 31.0. The van der Waals surface area contributed by atoms with Crippen LogP contribution in [0, 0.1) is 0 Å². The van der Waals surface area contributed by atoms with Crippen molar-refractivity contribution in [2.24, 2.45) is 0 Å². The van der Waals surface area contributed by atoms with E-state index in [4.69, 9.17) is 13.9 Å². The van der Waals surface area contributed by atoms with Gasteiger partial charge in [-0.1, -0.05) is 12.1 Å². The maximum Gasteiger partial charge on any atom is 0.322 e. The minimum atomic E-state index is -0.322. The van der Waals surface area contributed by atoms with Gasteiger partial charge < -0.3 is 29.4 Å². The van der Waals surface area contributed by atoms with Crippen LogP contribution in [0.1, 0.15) is 43.1 Å². The number of anilines is 1. The molecule has 0 spiro atoms. The van der Waals surface area contributed by atoms with Gasteiger partial charge in [-0.2, -0.15) is 0 Å². The number of nitrogens with one attached hydrogen (secondary N) is 2. The Hall–Kier alpha value is -2.43. The van der Waals surface area contributed by atoms with E-state index in [0.29, 0.717) is 58.0 Å². The number of carbonyl (C=O) groups excluding carboxylic acids is 2. The van der Waals surface area contributed by atoms with E-state index < -0.39 is 0 Å². The maximum atomic E-state index is 12.9. The third kappa shape index (κ3) is 8.97. The Morgan fingerprint density at radius 1 is 1.12 bits per heavy atom. The van der Waals surface area contributed by atoms with E-state index >= 15 is 0 Å². The second kappa shape index (κ2) is 14.6. The fraction of sp³-hybridized carbons (Fsp3) is 0.500. The normalized spacial score (nSPS) is 10.7. The minimum absolute atomic E-state index is 0.125. The van der Waals surface area contributed by atoms with E-state index in [1.807, 2.05) is 32.0 Å². The van der Waals surface area contributed by atoms with Crippen molar-refractivity contribution in [1.29, 1.82) is 0 Å². The number of aromatic nitrogens is 1. The van der Waals surface area contributed by atoms with Crippen molar-refractivity contribution in [3.63, 3.8) is 0 Å². The van der Waals surface area contributed by atoms with E-state index in [2.05, 4.69) is 31.5 Å². The number of hydrogen-bond acceptors (Lipinski definition) is 6. The van der Waals surface area contributed by atoms with E-state index in [9.17, 15) is 9.59 Å². The molecule has 0 aliphatic rings. The van der Waals surface area contributed by atoms with E-state index in [1.165, 1.54) is 6.26 Å². The first-order chi connectivity index (χ1) is 15.5. The molecule has 0 aliphatic heterocycles. The lowest BCUT2D eigenvalue weighted by molar-refractivity contribution is 0.0939. The SMILES string of the molecule is CCOCCCNC(=O)c1coc(CN(CCCOCC)C(=O)Nc2ccccc2Br)n1. The van der Waals surface area contributed by atoms with Gasteiger partial charge in [0.25, 0.3) is 5.91 Å². The maximum absolute atomic E-state index is 12.9. The summed E-state index contributed by atoms with van der Waals surface area (Å²) in [5, 5.41) is 5.66. The van der Waals surface area contributed by atoms with E-state index in [0.717, 1.165) is 4.47 Å². The highest BCUT2D eigenvalue weighted by atomic mass is 79.9. The Morgan fingerprint density at radius 3 is 2.56 bits per heavy atom. The molecule has 1 heterocycles. The molecule has 0 bridgehead atoms.